The Hall–Kier alpha value is -4.01. The maximum Gasteiger partial charge on any atom is 0.306 e. The molecule has 0 N–H and O–H groups in total. The van der Waals surface area contributed by atoms with E-state index in [1.807, 2.05) is 69.3 Å². The van der Waals surface area contributed by atoms with E-state index < -0.39 is 29.4 Å². The van der Waals surface area contributed by atoms with Crippen LogP contribution in [0.5, 0.6) is 11.6 Å². The molecule has 3 aliphatic rings. The zero-order valence-electron chi connectivity index (χ0n) is 28.0. The van der Waals surface area contributed by atoms with Crippen LogP contribution in [0.15, 0.2) is 48.5 Å². The number of benzene rings is 2. The largest absolute Gasteiger partial charge is 0.497 e. The molecule has 0 unspecified atom stereocenters. The highest BCUT2D eigenvalue weighted by Crippen LogP contribution is 2.41. The van der Waals surface area contributed by atoms with Crippen LogP contribution in [0.4, 0.5) is 0 Å². The Morgan fingerprint density at radius 2 is 1.68 bits per heavy atom. The van der Waals surface area contributed by atoms with Gasteiger partial charge in [-0.05, 0) is 67.6 Å². The van der Waals surface area contributed by atoms with E-state index in [-0.39, 0.29) is 30.9 Å². The van der Waals surface area contributed by atoms with E-state index in [9.17, 15) is 14.4 Å². The smallest absolute Gasteiger partial charge is 0.306 e. The van der Waals surface area contributed by atoms with Crippen LogP contribution in [-0.4, -0.2) is 64.9 Å². The number of aryl methyl sites for hydroxylation is 1. The number of fused-ring (bicyclic) bond motifs is 5. The number of carbonyl (C=O) groups excluding carboxylic acids is 3. The van der Waals surface area contributed by atoms with Crippen molar-refractivity contribution in [3.8, 4) is 11.6 Å². The first-order chi connectivity index (χ1) is 22.7. The third kappa shape index (κ3) is 7.14. The van der Waals surface area contributed by atoms with Crippen LogP contribution in [0.1, 0.15) is 89.3 Å². The van der Waals surface area contributed by atoms with Gasteiger partial charge < -0.3 is 23.9 Å². The molecule has 0 spiro atoms. The minimum absolute atomic E-state index is 0.0305. The molecular weight excluding hydrogens is 594 g/mol. The van der Waals surface area contributed by atoms with Gasteiger partial charge >= 0.3 is 5.97 Å². The summed E-state index contributed by atoms with van der Waals surface area (Å²) in [6.07, 6.45) is 7.73. The fraction of sp³-hybridized carbons (Fsp3) is 0.553. The fourth-order valence-corrected chi connectivity index (χ4v) is 7.73. The Morgan fingerprint density at radius 3 is 2.43 bits per heavy atom. The molecule has 2 fully saturated rings. The predicted octanol–water partition coefficient (Wildman–Crippen LogP) is 6.46. The SMILES string of the molecule is COc1ccc2nc3c(nc2c1)O[C@H]1CN(C(=O)[C@H](C(C)(C)C)CC(=O)O[C@@H]2CCC[C@H]2CCCCC3)[C@H](C=O)[C@@H]1c1ccccc1. The van der Waals surface area contributed by atoms with Gasteiger partial charge in [-0.3, -0.25) is 9.59 Å². The second-order valence-electron chi connectivity index (χ2n) is 14.5. The summed E-state index contributed by atoms with van der Waals surface area (Å²) in [5.74, 6) is -0.263. The van der Waals surface area contributed by atoms with Crippen LogP contribution >= 0.6 is 0 Å². The minimum Gasteiger partial charge on any atom is -0.497 e. The Morgan fingerprint density at radius 1 is 0.894 bits per heavy atom. The van der Waals surface area contributed by atoms with Crippen molar-refractivity contribution in [2.24, 2.45) is 17.3 Å². The summed E-state index contributed by atoms with van der Waals surface area (Å²) in [4.78, 5) is 52.5. The second kappa shape index (κ2) is 14.0. The van der Waals surface area contributed by atoms with Crippen LogP contribution in [0.2, 0.25) is 0 Å². The van der Waals surface area contributed by atoms with Gasteiger partial charge in [0, 0.05) is 6.07 Å². The van der Waals surface area contributed by atoms with Gasteiger partial charge in [0.1, 0.15) is 29.9 Å². The summed E-state index contributed by atoms with van der Waals surface area (Å²) in [6, 6.07) is 14.6. The first-order valence-electron chi connectivity index (χ1n) is 17.2. The molecule has 1 amide bonds. The fourth-order valence-electron chi connectivity index (χ4n) is 7.73. The van der Waals surface area contributed by atoms with Gasteiger partial charge in [-0.2, -0.15) is 0 Å². The number of amides is 1. The molecule has 2 bridgehead atoms. The highest BCUT2D eigenvalue weighted by Gasteiger charge is 2.50. The summed E-state index contributed by atoms with van der Waals surface area (Å²) in [5, 5.41) is 0. The highest BCUT2D eigenvalue weighted by atomic mass is 16.5. The third-order valence-electron chi connectivity index (χ3n) is 10.4. The van der Waals surface area contributed by atoms with Crippen molar-refractivity contribution in [2.75, 3.05) is 13.7 Å². The lowest BCUT2D eigenvalue weighted by Crippen LogP contribution is -2.46. The number of methoxy groups -OCH3 is 1. The Kier molecular flexibility index (Phi) is 9.80. The van der Waals surface area contributed by atoms with Crippen LogP contribution in [0, 0.1) is 17.3 Å². The maximum atomic E-state index is 14.5. The van der Waals surface area contributed by atoms with Crippen LogP contribution in [0.3, 0.4) is 0 Å². The van der Waals surface area contributed by atoms with Gasteiger partial charge in [0.25, 0.3) is 0 Å². The molecule has 6 atom stereocenters. The molecule has 3 heterocycles. The van der Waals surface area contributed by atoms with E-state index in [1.165, 1.54) is 0 Å². The highest BCUT2D eigenvalue weighted by molar-refractivity contribution is 5.87. The molecule has 250 valence electrons. The number of carbonyl (C=O) groups is 3. The molecule has 1 aliphatic carbocycles. The predicted molar refractivity (Wildman–Crippen MR) is 178 cm³/mol. The molecule has 0 radical (unpaired) electrons. The standard InChI is InChI=1S/C38H47N3O6/c1-38(2,3)27-21-34(43)46-32-17-11-15-24(32)12-7-6-10-16-29-36(40-30-20-26(45-4)18-19-28(30)39-29)47-33-22-41(37(27)44)31(23-42)35(33)25-13-8-5-9-14-25/h5,8-9,13-14,18-20,23-24,27,31-33,35H,6-7,10-12,15-17,21-22H2,1-4H3/t24-,27-,31-,32-,33+,35+/m1/s1. The van der Waals surface area contributed by atoms with Crippen LogP contribution in [0.25, 0.3) is 11.0 Å². The molecule has 2 aliphatic heterocycles. The molecule has 9 heteroatoms. The summed E-state index contributed by atoms with van der Waals surface area (Å²) in [7, 11) is 1.62. The number of esters is 1. The first kappa shape index (κ1) is 32.9. The minimum atomic E-state index is -0.783. The van der Waals surface area contributed by atoms with Gasteiger partial charge in [-0.25, -0.2) is 9.97 Å². The lowest BCUT2D eigenvalue weighted by molar-refractivity contribution is -0.157. The van der Waals surface area contributed by atoms with Gasteiger partial charge in [-0.15, -0.1) is 0 Å². The lowest BCUT2D eigenvalue weighted by atomic mass is 9.77. The first-order valence-corrected chi connectivity index (χ1v) is 17.2. The normalized spacial score (nSPS) is 27.6. The van der Waals surface area contributed by atoms with Crippen molar-refractivity contribution in [2.45, 2.75) is 103 Å². The number of aldehydes is 1. The molecule has 9 nitrogen and oxygen atoms in total. The van der Waals surface area contributed by atoms with Crippen LogP contribution in [-0.2, 0) is 25.5 Å². The number of ether oxygens (including phenoxy) is 3. The number of rotatable bonds is 3. The summed E-state index contributed by atoms with van der Waals surface area (Å²) >= 11 is 0. The monoisotopic (exact) mass is 641 g/mol. The van der Waals surface area contributed by atoms with E-state index >= 15 is 0 Å². The molecular formula is C38H47N3O6. The molecule has 3 aromatic rings. The van der Waals surface area contributed by atoms with E-state index in [4.69, 9.17) is 24.2 Å². The number of hydrogen-bond donors (Lipinski definition) is 0. The van der Waals surface area contributed by atoms with E-state index in [0.717, 1.165) is 68.0 Å². The van der Waals surface area contributed by atoms with Crippen LogP contribution < -0.4 is 9.47 Å². The van der Waals surface area contributed by atoms with E-state index in [0.29, 0.717) is 29.5 Å². The van der Waals surface area contributed by atoms with Gasteiger partial charge in [0.05, 0.1) is 49.0 Å². The van der Waals surface area contributed by atoms with Crippen molar-refractivity contribution < 1.29 is 28.6 Å². The molecule has 2 aromatic carbocycles. The van der Waals surface area contributed by atoms with Crippen molar-refractivity contribution in [1.29, 1.82) is 0 Å². The van der Waals surface area contributed by atoms with E-state index in [1.54, 1.807) is 12.0 Å². The zero-order valence-corrected chi connectivity index (χ0v) is 28.0. The third-order valence-corrected chi connectivity index (χ3v) is 10.4. The van der Waals surface area contributed by atoms with Crippen molar-refractivity contribution >= 4 is 29.2 Å². The number of aromatic nitrogens is 2. The quantitative estimate of drug-likeness (QED) is 0.237. The average molecular weight is 642 g/mol. The Bertz CT molecular complexity index is 1590. The number of nitrogens with zero attached hydrogens (tertiary/aromatic N) is 3. The van der Waals surface area contributed by atoms with E-state index in [2.05, 4.69) is 0 Å². The summed E-state index contributed by atoms with van der Waals surface area (Å²) < 4.78 is 18.4. The average Bonchev–Trinajstić information content (AvgIpc) is 3.66. The van der Waals surface area contributed by atoms with Gasteiger partial charge in [-0.1, -0.05) is 63.9 Å². The summed E-state index contributed by atoms with van der Waals surface area (Å²) in [5.41, 5.74) is 2.52. The molecule has 6 rings (SSSR count). The molecule has 1 saturated carbocycles. The maximum absolute atomic E-state index is 14.5. The van der Waals surface area contributed by atoms with Crippen molar-refractivity contribution in [3.05, 3.63) is 59.8 Å². The molecule has 47 heavy (non-hydrogen) atoms. The van der Waals surface area contributed by atoms with Gasteiger partial charge in [0.2, 0.25) is 11.8 Å². The van der Waals surface area contributed by atoms with Crippen molar-refractivity contribution in [1.82, 2.24) is 14.9 Å². The Labute approximate surface area is 277 Å². The Balaban J connectivity index is 1.43. The molecule has 1 saturated heterocycles. The van der Waals surface area contributed by atoms with Crippen molar-refractivity contribution in [3.63, 3.8) is 0 Å². The topological polar surface area (TPSA) is 108 Å². The lowest BCUT2D eigenvalue weighted by Gasteiger charge is -2.34. The molecule has 1 aromatic heterocycles. The van der Waals surface area contributed by atoms with Gasteiger partial charge in [0.15, 0.2) is 0 Å². The summed E-state index contributed by atoms with van der Waals surface area (Å²) in [6.45, 7) is 6.07. The zero-order chi connectivity index (χ0) is 33.1. The second-order valence-corrected chi connectivity index (χ2v) is 14.5. The number of hydrogen-bond acceptors (Lipinski definition) is 8.